The molecule has 0 radical (unpaired) electrons. The molecule has 0 aromatic carbocycles. The lowest BCUT2D eigenvalue weighted by Gasteiger charge is -2.28. The van der Waals surface area contributed by atoms with Crippen LogP contribution in [-0.2, 0) is 32.7 Å². The number of allylic oxidation sites excluding steroid dienone is 2. The maximum atomic E-state index is 12.6. The van der Waals surface area contributed by atoms with E-state index in [2.05, 4.69) is 26.0 Å². The lowest BCUT2D eigenvalue weighted by molar-refractivity contribution is -0.870. The first-order chi connectivity index (χ1) is 26.0. The molecule has 0 spiro atoms. The summed E-state index contributed by atoms with van der Waals surface area (Å²) in [6.07, 6.45) is 38.1. The molecule has 2 atom stereocenters. The molecule has 10 heteroatoms. The van der Waals surface area contributed by atoms with Crippen molar-refractivity contribution in [2.24, 2.45) is 0 Å². The minimum Gasteiger partial charge on any atom is -0.756 e. The van der Waals surface area contributed by atoms with Gasteiger partial charge in [-0.3, -0.25) is 14.2 Å². The highest BCUT2D eigenvalue weighted by Crippen LogP contribution is 2.38. The van der Waals surface area contributed by atoms with Crippen LogP contribution in [0.1, 0.15) is 206 Å². The molecule has 0 saturated heterocycles. The normalized spacial score (nSPS) is 13.7. The van der Waals surface area contributed by atoms with E-state index in [9.17, 15) is 19.0 Å². The third kappa shape index (κ3) is 40.4. The number of likely N-dealkylation sites (N-methyl/N-ethyl adjacent to an activating group) is 1. The number of esters is 2. The monoisotopic (exact) mass is 788 g/mol. The second-order valence-corrected chi connectivity index (χ2v) is 17.8. The van der Waals surface area contributed by atoms with Crippen LogP contribution in [0.4, 0.5) is 0 Å². The molecule has 54 heavy (non-hydrogen) atoms. The molecule has 0 aliphatic heterocycles. The van der Waals surface area contributed by atoms with Gasteiger partial charge in [-0.25, -0.2) is 0 Å². The van der Waals surface area contributed by atoms with E-state index in [4.69, 9.17) is 18.5 Å². The molecule has 0 heterocycles. The van der Waals surface area contributed by atoms with Crippen LogP contribution in [0, 0.1) is 0 Å². The largest absolute Gasteiger partial charge is 0.756 e. The van der Waals surface area contributed by atoms with Crippen LogP contribution in [-0.4, -0.2) is 70.0 Å². The van der Waals surface area contributed by atoms with Gasteiger partial charge in [-0.15, -0.1) is 0 Å². The zero-order chi connectivity index (χ0) is 40.0. The predicted molar refractivity (Wildman–Crippen MR) is 222 cm³/mol. The second kappa shape index (κ2) is 37.3. The Morgan fingerprint density at radius 2 is 0.963 bits per heavy atom. The molecule has 0 fully saturated rings. The van der Waals surface area contributed by atoms with Gasteiger partial charge in [0.15, 0.2) is 6.10 Å². The molecule has 0 saturated carbocycles. The molecule has 0 amide bonds. The van der Waals surface area contributed by atoms with Crippen LogP contribution in [0.15, 0.2) is 12.2 Å². The number of hydrogen-bond acceptors (Lipinski definition) is 8. The first-order valence-corrected chi connectivity index (χ1v) is 23.9. The quantitative estimate of drug-likeness (QED) is 0.0198. The van der Waals surface area contributed by atoms with Gasteiger partial charge in [0.25, 0.3) is 7.82 Å². The number of rotatable bonds is 41. The molecule has 0 aromatic heterocycles. The third-order valence-electron chi connectivity index (χ3n) is 9.79. The van der Waals surface area contributed by atoms with Crippen molar-refractivity contribution in [2.45, 2.75) is 213 Å². The summed E-state index contributed by atoms with van der Waals surface area (Å²) < 4.78 is 33.9. The maximum absolute atomic E-state index is 12.6. The fourth-order valence-electron chi connectivity index (χ4n) is 6.22. The second-order valence-electron chi connectivity index (χ2n) is 16.4. The predicted octanol–water partition coefficient (Wildman–Crippen LogP) is 11.9. The number of ether oxygens (including phenoxy) is 2. The number of carbonyl (C=O) groups is 2. The van der Waals surface area contributed by atoms with E-state index in [1.165, 1.54) is 116 Å². The molecular formula is C44H86NO8P. The number of quaternary nitrogens is 1. The Hall–Kier alpha value is -1.25. The average Bonchev–Trinajstić information content (AvgIpc) is 3.12. The number of nitrogens with zero attached hydrogens (tertiary/aromatic N) is 1. The van der Waals surface area contributed by atoms with Crippen molar-refractivity contribution in [1.82, 2.24) is 0 Å². The van der Waals surface area contributed by atoms with Crippen LogP contribution in [0.3, 0.4) is 0 Å². The summed E-state index contributed by atoms with van der Waals surface area (Å²) in [4.78, 5) is 37.5. The minimum atomic E-state index is -4.62. The fourth-order valence-corrected chi connectivity index (χ4v) is 6.95. The molecule has 0 aromatic rings. The summed E-state index contributed by atoms with van der Waals surface area (Å²) in [5.41, 5.74) is 0. The summed E-state index contributed by atoms with van der Waals surface area (Å²) >= 11 is 0. The molecule has 320 valence electrons. The number of unbranched alkanes of at least 4 members (excludes halogenated alkanes) is 25. The molecule has 0 bridgehead atoms. The first kappa shape index (κ1) is 52.8. The average molecular weight is 788 g/mol. The van der Waals surface area contributed by atoms with Gasteiger partial charge in [0.1, 0.15) is 19.8 Å². The number of hydrogen-bond donors (Lipinski definition) is 0. The van der Waals surface area contributed by atoms with Crippen LogP contribution in [0.5, 0.6) is 0 Å². The van der Waals surface area contributed by atoms with E-state index in [1.54, 1.807) is 0 Å². The standard InChI is InChI=1S/C44H86NO8P/c1-6-8-10-12-14-16-18-19-20-21-22-23-24-25-27-28-30-32-34-36-43(46)50-40-42(41-52-54(48,49)51-39-38-45(3,4)5)53-44(47)37-35-33-31-29-26-17-15-13-11-9-7-2/h13,15,42H,6-12,14,16-41H2,1-5H3/b15-13+/t42-/m0/s1. The maximum Gasteiger partial charge on any atom is 0.306 e. The molecule has 0 aliphatic carbocycles. The highest BCUT2D eigenvalue weighted by molar-refractivity contribution is 7.45. The van der Waals surface area contributed by atoms with Crippen molar-refractivity contribution in [3.63, 3.8) is 0 Å². The Morgan fingerprint density at radius 3 is 1.43 bits per heavy atom. The minimum absolute atomic E-state index is 0.0295. The summed E-state index contributed by atoms with van der Waals surface area (Å²) in [5.74, 6) is -0.836. The Morgan fingerprint density at radius 1 is 0.556 bits per heavy atom. The van der Waals surface area contributed by atoms with Crippen molar-refractivity contribution in [2.75, 3.05) is 47.5 Å². The number of phosphoric ester groups is 1. The molecule has 1 unspecified atom stereocenters. The first-order valence-electron chi connectivity index (χ1n) is 22.4. The van der Waals surface area contributed by atoms with Gasteiger partial charge in [0.05, 0.1) is 27.7 Å². The smallest absolute Gasteiger partial charge is 0.306 e. The highest BCUT2D eigenvalue weighted by Gasteiger charge is 2.21. The summed E-state index contributed by atoms with van der Waals surface area (Å²) in [5, 5.41) is 0. The Bertz CT molecular complexity index is 938. The lowest BCUT2D eigenvalue weighted by atomic mass is 10.0. The van der Waals surface area contributed by atoms with E-state index in [0.29, 0.717) is 17.4 Å². The lowest BCUT2D eigenvalue weighted by Crippen LogP contribution is -2.37. The van der Waals surface area contributed by atoms with Crippen molar-refractivity contribution in [3.05, 3.63) is 12.2 Å². The number of phosphoric acid groups is 1. The Kier molecular flexibility index (Phi) is 36.5. The van der Waals surface area contributed by atoms with Gasteiger partial charge >= 0.3 is 11.9 Å². The van der Waals surface area contributed by atoms with E-state index in [-0.39, 0.29) is 32.0 Å². The van der Waals surface area contributed by atoms with Crippen molar-refractivity contribution in [3.8, 4) is 0 Å². The van der Waals surface area contributed by atoms with Gasteiger partial charge in [-0.1, -0.05) is 174 Å². The highest BCUT2D eigenvalue weighted by atomic mass is 31.2. The molecular weight excluding hydrogens is 701 g/mol. The zero-order valence-corrected chi connectivity index (χ0v) is 36.8. The SMILES string of the molecule is CCCC/C=C/CCCCCCCC(=O)O[C@@H](COC(=O)CCCCCCCCCCCCCCCCCCCCC)COP(=O)([O-])OCC[N+](C)(C)C. The van der Waals surface area contributed by atoms with E-state index >= 15 is 0 Å². The summed E-state index contributed by atoms with van der Waals surface area (Å²) in [6.45, 7) is 4.20. The van der Waals surface area contributed by atoms with Gasteiger partial charge in [-0.05, 0) is 32.1 Å². The van der Waals surface area contributed by atoms with Gasteiger partial charge in [0.2, 0.25) is 0 Å². The molecule has 0 aliphatic rings. The van der Waals surface area contributed by atoms with Crippen molar-refractivity contribution >= 4 is 19.8 Å². The van der Waals surface area contributed by atoms with Crippen molar-refractivity contribution in [1.29, 1.82) is 0 Å². The number of carbonyl (C=O) groups excluding carboxylic acids is 2. The van der Waals surface area contributed by atoms with Crippen molar-refractivity contribution < 1.29 is 42.1 Å². The summed E-state index contributed by atoms with van der Waals surface area (Å²) in [7, 11) is 1.17. The third-order valence-corrected chi connectivity index (χ3v) is 10.7. The Balaban J connectivity index is 4.24. The molecule has 9 nitrogen and oxygen atoms in total. The van der Waals surface area contributed by atoms with Crippen LogP contribution in [0.2, 0.25) is 0 Å². The van der Waals surface area contributed by atoms with E-state index < -0.39 is 26.5 Å². The van der Waals surface area contributed by atoms with Crippen LogP contribution in [0.25, 0.3) is 0 Å². The fraction of sp³-hybridized carbons (Fsp3) is 0.909. The van der Waals surface area contributed by atoms with Crippen LogP contribution >= 0.6 is 7.82 Å². The van der Waals surface area contributed by atoms with E-state index in [1.807, 2.05) is 21.1 Å². The van der Waals surface area contributed by atoms with Gasteiger partial charge < -0.3 is 27.9 Å². The molecule has 0 rings (SSSR count). The van der Waals surface area contributed by atoms with Gasteiger partial charge in [0, 0.05) is 12.8 Å². The zero-order valence-electron chi connectivity index (χ0n) is 35.9. The van der Waals surface area contributed by atoms with Crippen LogP contribution < -0.4 is 4.89 Å². The topological polar surface area (TPSA) is 111 Å². The Labute approximate surface area is 333 Å². The summed E-state index contributed by atoms with van der Waals surface area (Å²) in [6, 6.07) is 0. The molecule has 0 N–H and O–H groups in total. The van der Waals surface area contributed by atoms with Gasteiger partial charge in [-0.2, -0.15) is 0 Å². The van der Waals surface area contributed by atoms with E-state index in [0.717, 1.165) is 57.8 Å².